The summed E-state index contributed by atoms with van der Waals surface area (Å²) in [6, 6.07) is 9.76. The number of hydrogen-bond donors (Lipinski definition) is 1. The van der Waals surface area contributed by atoms with Crippen LogP contribution in [0.5, 0.6) is 0 Å². The number of hydrogen-bond acceptors (Lipinski definition) is 4. The molecule has 0 radical (unpaired) electrons. The van der Waals surface area contributed by atoms with Crippen molar-refractivity contribution >= 4 is 30.7 Å². The summed E-state index contributed by atoms with van der Waals surface area (Å²) in [6.45, 7) is 2.92. The minimum atomic E-state index is -0.217. The zero-order valence-electron chi connectivity index (χ0n) is 15.1. The van der Waals surface area contributed by atoms with E-state index in [9.17, 15) is 4.79 Å². The zero-order valence-corrected chi connectivity index (χ0v) is 16.7. The average molecular weight is 392 g/mol. The highest BCUT2D eigenvalue weighted by Gasteiger charge is 2.30. The van der Waals surface area contributed by atoms with Crippen LogP contribution in [0.1, 0.15) is 30.9 Å². The Hall–Kier alpha value is -0.850. The Morgan fingerprint density at radius 2 is 1.84 bits per heavy atom. The number of piperidine rings is 1. The number of carbonyl (C=O) groups excluding carboxylic acids is 1. The summed E-state index contributed by atoms with van der Waals surface area (Å²) < 4.78 is 5.82. The van der Waals surface area contributed by atoms with E-state index >= 15 is 0 Å². The van der Waals surface area contributed by atoms with Crippen LogP contribution < -0.4 is 5.73 Å². The topological polar surface area (TPSA) is 58.8 Å². The Bertz CT molecular complexity index is 480. The first-order valence-corrected chi connectivity index (χ1v) is 8.45. The molecule has 1 unspecified atom stereocenters. The third-order valence-corrected chi connectivity index (χ3v) is 4.32. The van der Waals surface area contributed by atoms with Crippen LogP contribution in [0, 0.1) is 0 Å². The van der Waals surface area contributed by atoms with Crippen LogP contribution in [-0.4, -0.2) is 62.1 Å². The van der Waals surface area contributed by atoms with E-state index in [-0.39, 0.29) is 42.9 Å². The van der Waals surface area contributed by atoms with Crippen molar-refractivity contribution in [2.75, 3.05) is 40.3 Å². The second kappa shape index (κ2) is 12.5. The normalized spacial score (nSPS) is 16.1. The van der Waals surface area contributed by atoms with Gasteiger partial charge in [0.1, 0.15) is 6.04 Å². The Kier molecular flexibility index (Phi) is 12.1. The number of likely N-dealkylation sites (tertiary alicyclic amines) is 1. The van der Waals surface area contributed by atoms with Gasteiger partial charge in [0.05, 0.1) is 6.10 Å². The van der Waals surface area contributed by atoms with Crippen LogP contribution >= 0.6 is 24.8 Å². The minimum absolute atomic E-state index is 0. The van der Waals surface area contributed by atoms with E-state index in [0.717, 1.165) is 44.5 Å². The van der Waals surface area contributed by atoms with E-state index in [2.05, 4.69) is 0 Å². The summed E-state index contributed by atoms with van der Waals surface area (Å²) in [5.74, 6) is 0.182. The largest absolute Gasteiger partial charge is 0.378 e. The fraction of sp³-hybridized carbons (Fsp3) is 0.611. The van der Waals surface area contributed by atoms with Crippen molar-refractivity contribution in [2.24, 2.45) is 5.73 Å². The van der Waals surface area contributed by atoms with Crippen LogP contribution in [0.15, 0.2) is 30.3 Å². The van der Waals surface area contributed by atoms with E-state index in [1.54, 1.807) is 0 Å². The number of amides is 1. The van der Waals surface area contributed by atoms with Crippen molar-refractivity contribution in [3.63, 3.8) is 0 Å². The summed E-state index contributed by atoms with van der Waals surface area (Å²) in [5.41, 5.74) is 6.53. The third kappa shape index (κ3) is 7.12. The molecule has 1 saturated heterocycles. The minimum Gasteiger partial charge on any atom is -0.378 e. The van der Waals surface area contributed by atoms with Gasteiger partial charge in [-0.25, -0.2) is 0 Å². The maximum absolute atomic E-state index is 12.9. The van der Waals surface area contributed by atoms with E-state index < -0.39 is 0 Å². The van der Waals surface area contributed by atoms with Crippen LogP contribution in [0.3, 0.4) is 0 Å². The Labute approximate surface area is 163 Å². The molecule has 144 valence electrons. The Balaban J connectivity index is 0.00000288. The van der Waals surface area contributed by atoms with Crippen LogP contribution in [0.4, 0.5) is 0 Å². The third-order valence-electron chi connectivity index (χ3n) is 4.32. The number of ether oxygens (including phenoxy) is 1. The predicted octanol–water partition coefficient (Wildman–Crippen LogP) is 2.49. The quantitative estimate of drug-likeness (QED) is 0.725. The predicted molar refractivity (Wildman–Crippen MR) is 107 cm³/mol. The van der Waals surface area contributed by atoms with Crippen molar-refractivity contribution in [1.82, 2.24) is 9.80 Å². The summed E-state index contributed by atoms with van der Waals surface area (Å²) in [7, 11) is 3.91. The van der Waals surface area contributed by atoms with Crippen molar-refractivity contribution in [3.05, 3.63) is 35.9 Å². The van der Waals surface area contributed by atoms with Gasteiger partial charge in [0.25, 0.3) is 0 Å². The maximum Gasteiger partial charge on any atom is 0.244 e. The monoisotopic (exact) mass is 391 g/mol. The molecule has 7 heteroatoms. The lowest BCUT2D eigenvalue weighted by Gasteiger charge is -2.36. The number of nitrogens with zero attached hydrogens (tertiary/aromatic N) is 2. The fourth-order valence-electron chi connectivity index (χ4n) is 3.05. The van der Waals surface area contributed by atoms with Gasteiger partial charge in [-0.1, -0.05) is 30.3 Å². The standard InChI is InChI=1S/C18H29N3O2.2ClH/c1-20(2)17(15-7-4-3-5-8-15)18(22)21-12-9-16(10-13-21)23-14-6-11-19;;/h3-5,7-8,16-17H,6,9-14,19H2,1-2H3;2*1H. The molecule has 1 heterocycles. The molecular formula is C18H31Cl2N3O2. The van der Waals surface area contributed by atoms with Crippen molar-refractivity contribution < 1.29 is 9.53 Å². The van der Waals surface area contributed by atoms with Crippen LogP contribution in [0.25, 0.3) is 0 Å². The number of rotatable bonds is 7. The summed E-state index contributed by atoms with van der Waals surface area (Å²) >= 11 is 0. The maximum atomic E-state index is 12.9. The van der Waals surface area contributed by atoms with Gasteiger partial charge in [-0.05, 0) is 45.5 Å². The molecule has 5 nitrogen and oxygen atoms in total. The van der Waals surface area contributed by atoms with Gasteiger partial charge in [0.15, 0.2) is 0 Å². The number of nitrogens with two attached hydrogens (primary N) is 1. The molecule has 1 aliphatic rings. The first-order chi connectivity index (χ1) is 11.1. The molecule has 1 aromatic rings. The fourth-order valence-corrected chi connectivity index (χ4v) is 3.05. The highest BCUT2D eigenvalue weighted by atomic mass is 35.5. The second-order valence-corrected chi connectivity index (χ2v) is 6.31. The molecule has 1 fully saturated rings. The zero-order chi connectivity index (χ0) is 16.7. The van der Waals surface area contributed by atoms with Gasteiger partial charge in [-0.2, -0.15) is 0 Å². The van der Waals surface area contributed by atoms with E-state index in [1.165, 1.54) is 0 Å². The van der Waals surface area contributed by atoms with Gasteiger partial charge < -0.3 is 15.4 Å². The molecule has 1 aliphatic heterocycles. The molecule has 0 aliphatic carbocycles. The molecular weight excluding hydrogens is 361 g/mol. The lowest BCUT2D eigenvalue weighted by molar-refractivity contribution is -0.139. The lowest BCUT2D eigenvalue weighted by Crippen LogP contribution is -2.46. The van der Waals surface area contributed by atoms with E-state index in [0.29, 0.717) is 6.54 Å². The number of benzene rings is 1. The molecule has 25 heavy (non-hydrogen) atoms. The highest BCUT2D eigenvalue weighted by Crippen LogP contribution is 2.23. The Morgan fingerprint density at radius 1 is 1.24 bits per heavy atom. The van der Waals surface area contributed by atoms with Crippen LogP contribution in [0.2, 0.25) is 0 Å². The highest BCUT2D eigenvalue weighted by molar-refractivity contribution is 5.85. The number of halogens is 2. The summed E-state index contributed by atoms with van der Waals surface area (Å²) in [5, 5.41) is 0. The SMILES string of the molecule is CN(C)C(C(=O)N1CCC(OCCCN)CC1)c1ccccc1.Cl.Cl. The molecule has 0 bridgehead atoms. The van der Waals surface area contributed by atoms with Crippen LogP contribution in [-0.2, 0) is 9.53 Å². The summed E-state index contributed by atoms with van der Waals surface area (Å²) in [6.07, 6.45) is 2.98. The van der Waals surface area contributed by atoms with E-state index in [4.69, 9.17) is 10.5 Å². The van der Waals surface area contributed by atoms with Gasteiger partial charge in [-0.15, -0.1) is 24.8 Å². The van der Waals surface area contributed by atoms with Gasteiger partial charge in [0, 0.05) is 19.7 Å². The molecule has 1 atom stereocenters. The second-order valence-electron chi connectivity index (χ2n) is 6.31. The van der Waals surface area contributed by atoms with Crippen molar-refractivity contribution in [3.8, 4) is 0 Å². The number of likely N-dealkylation sites (N-methyl/N-ethyl adjacent to an activating group) is 1. The molecule has 0 aromatic heterocycles. The first kappa shape index (κ1) is 24.1. The molecule has 2 N–H and O–H groups in total. The summed E-state index contributed by atoms with van der Waals surface area (Å²) in [4.78, 5) is 16.9. The first-order valence-electron chi connectivity index (χ1n) is 8.45. The van der Waals surface area contributed by atoms with Crippen molar-refractivity contribution in [1.29, 1.82) is 0 Å². The molecule has 1 amide bonds. The number of carbonyl (C=O) groups is 1. The molecule has 2 rings (SSSR count). The van der Waals surface area contributed by atoms with Gasteiger partial charge >= 0.3 is 0 Å². The molecule has 1 aromatic carbocycles. The average Bonchev–Trinajstić information content (AvgIpc) is 2.56. The van der Waals surface area contributed by atoms with Crippen molar-refractivity contribution in [2.45, 2.75) is 31.4 Å². The Morgan fingerprint density at radius 3 is 2.36 bits per heavy atom. The molecule has 0 saturated carbocycles. The van der Waals surface area contributed by atoms with Gasteiger partial charge in [0.2, 0.25) is 5.91 Å². The smallest absolute Gasteiger partial charge is 0.244 e. The van der Waals surface area contributed by atoms with E-state index in [1.807, 2.05) is 54.2 Å². The molecule has 0 spiro atoms. The van der Waals surface area contributed by atoms with Gasteiger partial charge in [-0.3, -0.25) is 9.69 Å². The lowest BCUT2D eigenvalue weighted by atomic mass is 10.0.